The molecule has 0 bridgehead atoms. The Kier molecular flexibility index (Phi) is 4.09. The average molecular weight is 254 g/mol. The van der Waals surface area contributed by atoms with Gasteiger partial charge in [0.1, 0.15) is 0 Å². The molecule has 0 spiro atoms. The van der Waals surface area contributed by atoms with Crippen molar-refractivity contribution in [2.24, 2.45) is 0 Å². The van der Waals surface area contributed by atoms with Crippen LogP contribution in [-0.4, -0.2) is 32.5 Å². The van der Waals surface area contributed by atoms with Crippen molar-refractivity contribution < 1.29 is 0 Å². The van der Waals surface area contributed by atoms with Gasteiger partial charge in [-0.05, 0) is 39.4 Å². The lowest BCUT2D eigenvalue weighted by Gasteiger charge is -2.17. The lowest BCUT2D eigenvalue weighted by Crippen LogP contribution is -2.23. The van der Waals surface area contributed by atoms with Crippen LogP contribution in [0.15, 0.2) is 6.20 Å². The van der Waals surface area contributed by atoms with Crippen LogP contribution in [0.4, 0.5) is 0 Å². The van der Waals surface area contributed by atoms with Crippen LogP contribution in [-0.2, 0) is 12.1 Å². The van der Waals surface area contributed by atoms with Gasteiger partial charge in [-0.2, -0.15) is 11.8 Å². The maximum Gasteiger partial charge on any atom is 0.0965 e. The van der Waals surface area contributed by atoms with E-state index in [1.165, 1.54) is 18.6 Å². The molecule has 1 aliphatic rings. The summed E-state index contributed by atoms with van der Waals surface area (Å²) in [6.07, 6.45) is 4.76. The van der Waals surface area contributed by atoms with Gasteiger partial charge in [0.2, 0.25) is 0 Å². The number of nitrogens with zero attached hydrogens (tertiary/aromatic N) is 3. The van der Waals surface area contributed by atoms with Crippen molar-refractivity contribution in [3.05, 3.63) is 11.9 Å². The molecule has 2 heterocycles. The van der Waals surface area contributed by atoms with Crippen molar-refractivity contribution in [3.63, 3.8) is 0 Å². The summed E-state index contributed by atoms with van der Waals surface area (Å²) in [5.41, 5.74) is 1.05. The lowest BCUT2D eigenvalue weighted by molar-refractivity contribution is 0.347. The predicted molar refractivity (Wildman–Crippen MR) is 72.2 cm³/mol. The third-order valence-electron chi connectivity index (χ3n) is 2.93. The summed E-state index contributed by atoms with van der Waals surface area (Å²) in [6, 6.07) is 0. The number of aromatic nitrogens is 3. The van der Waals surface area contributed by atoms with Crippen LogP contribution >= 0.6 is 11.8 Å². The number of rotatable bonds is 4. The van der Waals surface area contributed by atoms with Crippen LogP contribution in [0.1, 0.15) is 39.3 Å². The Morgan fingerprint density at radius 2 is 2.35 bits per heavy atom. The maximum atomic E-state index is 4.19. The van der Waals surface area contributed by atoms with Crippen molar-refractivity contribution in [2.75, 3.05) is 12.3 Å². The first-order chi connectivity index (χ1) is 8.05. The van der Waals surface area contributed by atoms with Crippen LogP contribution in [0.5, 0.6) is 0 Å². The van der Waals surface area contributed by atoms with Gasteiger partial charge in [0, 0.05) is 18.3 Å². The Morgan fingerprint density at radius 1 is 1.53 bits per heavy atom. The summed E-state index contributed by atoms with van der Waals surface area (Å²) in [6.45, 7) is 8.32. The first kappa shape index (κ1) is 12.9. The fraction of sp³-hybridized carbons (Fsp3) is 0.833. The van der Waals surface area contributed by atoms with Crippen LogP contribution in [0, 0.1) is 0 Å². The number of hydrogen-bond donors (Lipinski definition) is 1. The van der Waals surface area contributed by atoms with E-state index in [-0.39, 0.29) is 5.54 Å². The molecule has 17 heavy (non-hydrogen) atoms. The summed E-state index contributed by atoms with van der Waals surface area (Å²) in [7, 11) is 0. The zero-order valence-electron chi connectivity index (χ0n) is 10.9. The van der Waals surface area contributed by atoms with Crippen molar-refractivity contribution in [1.29, 1.82) is 0 Å². The van der Waals surface area contributed by atoms with E-state index in [0.29, 0.717) is 0 Å². The fourth-order valence-electron chi connectivity index (χ4n) is 1.87. The van der Waals surface area contributed by atoms with Crippen molar-refractivity contribution in [3.8, 4) is 0 Å². The van der Waals surface area contributed by atoms with Gasteiger partial charge < -0.3 is 5.32 Å². The molecular formula is C12H22N4S. The van der Waals surface area contributed by atoms with E-state index in [4.69, 9.17) is 0 Å². The Morgan fingerprint density at radius 3 is 2.94 bits per heavy atom. The minimum atomic E-state index is 0.0204. The molecule has 1 unspecified atom stereocenters. The highest BCUT2D eigenvalue weighted by atomic mass is 32.2. The molecule has 1 aliphatic heterocycles. The molecule has 96 valence electrons. The van der Waals surface area contributed by atoms with Crippen molar-refractivity contribution in [2.45, 2.75) is 50.9 Å². The molecule has 0 saturated carbocycles. The topological polar surface area (TPSA) is 42.7 Å². The number of thioether (sulfide) groups is 1. The molecule has 5 heteroatoms. The molecule has 0 aliphatic carbocycles. The molecule has 0 aromatic carbocycles. The average Bonchev–Trinajstić information content (AvgIpc) is 2.86. The second-order valence-electron chi connectivity index (χ2n) is 5.59. The Labute approximate surface area is 108 Å². The van der Waals surface area contributed by atoms with E-state index in [1.807, 2.05) is 10.9 Å². The van der Waals surface area contributed by atoms with Gasteiger partial charge >= 0.3 is 0 Å². The molecule has 1 atom stereocenters. The fourth-order valence-corrected chi connectivity index (χ4v) is 3.11. The highest BCUT2D eigenvalue weighted by Gasteiger charge is 2.16. The Hall–Kier alpha value is -0.550. The molecule has 1 aromatic heterocycles. The molecule has 1 N–H and O–H groups in total. The van der Waals surface area contributed by atoms with Gasteiger partial charge in [0.25, 0.3) is 0 Å². The SMILES string of the molecule is CC(C)(C)n1cc(CNCC2CCCS2)nn1. The number of hydrogen-bond acceptors (Lipinski definition) is 4. The Balaban J connectivity index is 1.77. The first-order valence-electron chi connectivity index (χ1n) is 6.30. The molecule has 4 nitrogen and oxygen atoms in total. The quantitative estimate of drug-likeness (QED) is 0.892. The molecule has 0 radical (unpaired) electrons. The molecule has 2 rings (SSSR count). The van der Waals surface area contributed by atoms with E-state index in [9.17, 15) is 0 Å². The van der Waals surface area contributed by atoms with Gasteiger partial charge in [-0.1, -0.05) is 5.21 Å². The third-order valence-corrected chi connectivity index (χ3v) is 4.33. The van der Waals surface area contributed by atoms with Gasteiger partial charge in [-0.15, -0.1) is 5.10 Å². The molecule has 1 fully saturated rings. The summed E-state index contributed by atoms with van der Waals surface area (Å²) in [5, 5.41) is 12.6. The molecule has 0 amide bonds. The zero-order valence-corrected chi connectivity index (χ0v) is 11.8. The van der Waals surface area contributed by atoms with Gasteiger partial charge in [0.05, 0.1) is 17.4 Å². The van der Waals surface area contributed by atoms with Crippen molar-refractivity contribution >= 4 is 11.8 Å². The van der Waals surface area contributed by atoms with E-state index in [1.54, 1.807) is 0 Å². The summed E-state index contributed by atoms with van der Waals surface area (Å²) in [5.74, 6) is 1.33. The van der Waals surface area contributed by atoms with Crippen LogP contribution < -0.4 is 5.32 Å². The molecule has 1 saturated heterocycles. The van der Waals surface area contributed by atoms with Gasteiger partial charge in [-0.25, -0.2) is 4.68 Å². The smallest absolute Gasteiger partial charge is 0.0965 e. The number of nitrogens with one attached hydrogen (secondary N) is 1. The monoisotopic (exact) mass is 254 g/mol. The second kappa shape index (κ2) is 5.40. The minimum Gasteiger partial charge on any atom is -0.310 e. The van der Waals surface area contributed by atoms with E-state index in [0.717, 1.165) is 24.0 Å². The molecule has 1 aromatic rings. The van der Waals surface area contributed by atoms with Gasteiger partial charge in [0.15, 0.2) is 0 Å². The second-order valence-corrected chi connectivity index (χ2v) is 7.00. The third kappa shape index (κ3) is 3.71. The van der Waals surface area contributed by atoms with Gasteiger partial charge in [-0.3, -0.25) is 0 Å². The van der Waals surface area contributed by atoms with E-state index < -0.39 is 0 Å². The molecular weight excluding hydrogens is 232 g/mol. The summed E-state index contributed by atoms with van der Waals surface area (Å²) < 4.78 is 1.92. The zero-order chi connectivity index (χ0) is 12.3. The van der Waals surface area contributed by atoms with E-state index >= 15 is 0 Å². The predicted octanol–water partition coefficient (Wildman–Crippen LogP) is 2.02. The highest BCUT2D eigenvalue weighted by Crippen LogP contribution is 2.25. The summed E-state index contributed by atoms with van der Waals surface area (Å²) in [4.78, 5) is 0. The van der Waals surface area contributed by atoms with Crippen LogP contribution in [0.25, 0.3) is 0 Å². The first-order valence-corrected chi connectivity index (χ1v) is 7.34. The standard InChI is InChI=1S/C12H22N4S/c1-12(2,3)16-9-10(14-15-16)7-13-8-11-5-4-6-17-11/h9,11,13H,4-8H2,1-3H3. The minimum absolute atomic E-state index is 0.0204. The largest absolute Gasteiger partial charge is 0.310 e. The lowest BCUT2D eigenvalue weighted by atomic mass is 10.1. The summed E-state index contributed by atoms with van der Waals surface area (Å²) >= 11 is 2.08. The van der Waals surface area contributed by atoms with E-state index in [2.05, 4.69) is 48.2 Å². The normalized spacial score (nSPS) is 21.0. The van der Waals surface area contributed by atoms with Crippen LogP contribution in [0.3, 0.4) is 0 Å². The Bertz CT molecular complexity index is 350. The van der Waals surface area contributed by atoms with Crippen molar-refractivity contribution in [1.82, 2.24) is 20.3 Å². The maximum absolute atomic E-state index is 4.19. The highest BCUT2D eigenvalue weighted by molar-refractivity contribution is 8.00. The van der Waals surface area contributed by atoms with Crippen LogP contribution in [0.2, 0.25) is 0 Å².